The number of nitrogens with one attached hydrogen (secondary N) is 3. The van der Waals surface area contributed by atoms with Crippen molar-refractivity contribution < 1.29 is 17.6 Å². The van der Waals surface area contributed by atoms with Crippen LogP contribution in [0.15, 0.2) is 68.7 Å². The van der Waals surface area contributed by atoms with E-state index in [2.05, 4.69) is 14.7 Å². The summed E-state index contributed by atoms with van der Waals surface area (Å²) in [6.45, 7) is 2.06. The number of carbonyl (C=O) groups is 1. The molecule has 4 aromatic rings. The molecule has 10 heteroatoms. The second-order valence-corrected chi connectivity index (χ2v) is 8.79. The van der Waals surface area contributed by atoms with Gasteiger partial charge in [-0.1, -0.05) is 12.1 Å². The predicted molar refractivity (Wildman–Crippen MR) is 115 cm³/mol. The van der Waals surface area contributed by atoms with E-state index < -0.39 is 15.7 Å². The van der Waals surface area contributed by atoms with Gasteiger partial charge in [0.15, 0.2) is 0 Å². The van der Waals surface area contributed by atoms with Crippen molar-refractivity contribution in [2.45, 2.75) is 18.4 Å². The van der Waals surface area contributed by atoms with Gasteiger partial charge >= 0.3 is 5.69 Å². The number of benzene rings is 2. The second kappa shape index (κ2) is 7.80. The number of hydrogen-bond donors (Lipinski definition) is 3. The average Bonchev–Trinajstić information content (AvgIpc) is 3.30. The highest BCUT2D eigenvalue weighted by atomic mass is 32.2. The first kappa shape index (κ1) is 20.5. The van der Waals surface area contributed by atoms with E-state index in [4.69, 9.17) is 4.42 Å². The van der Waals surface area contributed by atoms with E-state index in [0.29, 0.717) is 16.8 Å². The highest BCUT2D eigenvalue weighted by molar-refractivity contribution is 7.92. The number of furan rings is 1. The molecule has 0 spiro atoms. The Kier molecular flexibility index (Phi) is 5.15. The topological polar surface area (TPSA) is 128 Å². The summed E-state index contributed by atoms with van der Waals surface area (Å²) in [5.41, 5.74) is 0.786. The van der Waals surface area contributed by atoms with Gasteiger partial charge in [-0.3, -0.25) is 9.52 Å². The summed E-state index contributed by atoms with van der Waals surface area (Å²) in [5, 5.41) is 0. The number of fused-ring (bicyclic) bond motifs is 1. The predicted octanol–water partition coefficient (Wildman–Crippen LogP) is 2.83. The number of aromatic nitrogens is 2. The van der Waals surface area contributed by atoms with Gasteiger partial charge in [0.1, 0.15) is 11.5 Å². The summed E-state index contributed by atoms with van der Waals surface area (Å²) in [7, 11) is -2.40. The molecule has 0 aliphatic carbocycles. The van der Waals surface area contributed by atoms with Crippen LogP contribution in [0.2, 0.25) is 0 Å². The molecular formula is C21H20N4O5S. The molecule has 3 N–H and O–H groups in total. The van der Waals surface area contributed by atoms with Crippen molar-refractivity contribution in [2.24, 2.45) is 0 Å². The summed E-state index contributed by atoms with van der Waals surface area (Å²) in [6, 6.07) is 14.2. The van der Waals surface area contributed by atoms with Crippen LogP contribution in [0.4, 0.5) is 5.69 Å². The third-order valence-electron chi connectivity index (χ3n) is 4.74. The van der Waals surface area contributed by atoms with Crippen LogP contribution in [0.25, 0.3) is 11.0 Å². The lowest BCUT2D eigenvalue weighted by atomic mass is 10.1. The van der Waals surface area contributed by atoms with E-state index in [1.54, 1.807) is 31.3 Å². The van der Waals surface area contributed by atoms with Crippen LogP contribution in [0.3, 0.4) is 0 Å². The number of hydrogen-bond acceptors (Lipinski definition) is 5. The Labute approximate surface area is 177 Å². The number of para-hydroxylation sites is 1. The number of rotatable bonds is 6. The van der Waals surface area contributed by atoms with Crippen molar-refractivity contribution >= 4 is 32.7 Å². The molecule has 0 saturated carbocycles. The number of sulfonamides is 1. The van der Waals surface area contributed by atoms with Gasteiger partial charge in [-0.2, -0.15) is 0 Å². The van der Waals surface area contributed by atoms with Crippen molar-refractivity contribution in [1.29, 1.82) is 0 Å². The van der Waals surface area contributed by atoms with Crippen LogP contribution in [-0.4, -0.2) is 36.2 Å². The number of nitrogens with zero attached hydrogens (tertiary/aromatic N) is 1. The van der Waals surface area contributed by atoms with Crippen LogP contribution >= 0.6 is 0 Å². The Morgan fingerprint density at radius 1 is 1.06 bits per heavy atom. The molecule has 0 fully saturated rings. The summed E-state index contributed by atoms with van der Waals surface area (Å²) < 4.78 is 33.9. The molecule has 2 heterocycles. The van der Waals surface area contributed by atoms with E-state index in [9.17, 15) is 18.0 Å². The minimum atomic E-state index is -4.01. The molecule has 4 rings (SSSR count). The zero-order valence-electron chi connectivity index (χ0n) is 16.8. The van der Waals surface area contributed by atoms with Crippen LogP contribution < -0.4 is 10.4 Å². The van der Waals surface area contributed by atoms with Crippen LogP contribution in [0, 0.1) is 6.92 Å². The molecule has 0 saturated heterocycles. The highest BCUT2D eigenvalue weighted by Gasteiger charge is 2.21. The SMILES string of the molecule is Cc1ccc(CN(C)C(=O)c2ccccc2NS(=O)(=O)c2ccc3[nH]c(=O)[nH]c3c2)o1. The fraction of sp³-hybridized carbons (Fsp3) is 0.143. The maximum absolute atomic E-state index is 13.0. The fourth-order valence-corrected chi connectivity index (χ4v) is 4.33. The highest BCUT2D eigenvalue weighted by Crippen LogP contribution is 2.23. The van der Waals surface area contributed by atoms with Crippen molar-refractivity contribution in [2.75, 3.05) is 11.8 Å². The van der Waals surface area contributed by atoms with E-state index in [-0.39, 0.29) is 28.6 Å². The number of imidazole rings is 1. The molecule has 2 aromatic carbocycles. The number of H-pyrrole nitrogens is 2. The lowest BCUT2D eigenvalue weighted by molar-refractivity contribution is 0.0776. The molecule has 0 aliphatic rings. The number of aromatic amines is 2. The van der Waals surface area contributed by atoms with E-state index >= 15 is 0 Å². The molecule has 0 radical (unpaired) electrons. The molecule has 0 aliphatic heterocycles. The Morgan fingerprint density at radius 2 is 1.81 bits per heavy atom. The van der Waals surface area contributed by atoms with Crippen LogP contribution in [0.5, 0.6) is 0 Å². The number of amides is 1. The first-order valence-corrected chi connectivity index (χ1v) is 10.9. The van der Waals surface area contributed by atoms with E-state index in [1.165, 1.54) is 29.2 Å². The Bertz CT molecular complexity index is 1430. The maximum Gasteiger partial charge on any atom is 0.323 e. The minimum absolute atomic E-state index is 0.0445. The summed E-state index contributed by atoms with van der Waals surface area (Å²) in [4.78, 5) is 30.9. The molecule has 1 amide bonds. The smallest absolute Gasteiger partial charge is 0.323 e. The number of carbonyl (C=O) groups excluding carboxylic acids is 1. The first-order chi connectivity index (χ1) is 14.7. The molecule has 0 atom stereocenters. The monoisotopic (exact) mass is 440 g/mol. The second-order valence-electron chi connectivity index (χ2n) is 7.11. The third kappa shape index (κ3) is 4.24. The van der Waals surface area contributed by atoms with Gasteiger partial charge in [0.25, 0.3) is 15.9 Å². The van der Waals surface area contributed by atoms with Crippen LogP contribution in [-0.2, 0) is 16.6 Å². The number of aryl methyl sites for hydroxylation is 1. The average molecular weight is 440 g/mol. The third-order valence-corrected chi connectivity index (χ3v) is 6.10. The molecule has 2 aromatic heterocycles. The summed E-state index contributed by atoms with van der Waals surface area (Å²) in [6.07, 6.45) is 0. The van der Waals surface area contributed by atoms with Gasteiger partial charge in [-0.15, -0.1) is 0 Å². The normalized spacial score (nSPS) is 11.5. The molecule has 0 unspecified atom stereocenters. The van der Waals surface area contributed by atoms with Gasteiger partial charge in [0.2, 0.25) is 0 Å². The summed E-state index contributed by atoms with van der Waals surface area (Å²) >= 11 is 0. The van der Waals surface area contributed by atoms with Crippen LogP contribution in [0.1, 0.15) is 21.9 Å². The lowest BCUT2D eigenvalue weighted by Gasteiger charge is -2.18. The Balaban J connectivity index is 1.61. The minimum Gasteiger partial charge on any atom is -0.464 e. The Hall–Kier alpha value is -3.79. The van der Waals surface area contributed by atoms with Gasteiger partial charge in [-0.05, 0) is 49.4 Å². The standard InChI is InChI=1S/C21H20N4O5S/c1-13-7-8-14(30-13)12-25(2)20(26)16-5-3-4-6-17(16)24-31(28,29)15-9-10-18-19(11-15)23-21(27)22-18/h3-11,24H,12H2,1-2H3,(H2,22,23,27). The maximum atomic E-state index is 13.0. The lowest BCUT2D eigenvalue weighted by Crippen LogP contribution is -2.27. The molecule has 31 heavy (non-hydrogen) atoms. The Morgan fingerprint density at radius 3 is 2.55 bits per heavy atom. The van der Waals surface area contributed by atoms with E-state index in [0.717, 1.165) is 5.76 Å². The fourth-order valence-electron chi connectivity index (χ4n) is 3.22. The van der Waals surface area contributed by atoms with Gasteiger partial charge in [-0.25, -0.2) is 13.2 Å². The van der Waals surface area contributed by atoms with Crippen molar-refractivity contribution in [3.05, 3.63) is 82.2 Å². The molecule has 160 valence electrons. The van der Waals surface area contributed by atoms with Gasteiger partial charge in [0.05, 0.1) is 33.7 Å². The largest absolute Gasteiger partial charge is 0.464 e. The van der Waals surface area contributed by atoms with Crippen molar-refractivity contribution in [3.63, 3.8) is 0 Å². The molecule has 0 bridgehead atoms. The van der Waals surface area contributed by atoms with Crippen molar-refractivity contribution in [1.82, 2.24) is 14.9 Å². The molecular weight excluding hydrogens is 420 g/mol. The van der Waals surface area contributed by atoms with Gasteiger partial charge < -0.3 is 19.3 Å². The molecule has 9 nitrogen and oxygen atoms in total. The number of anilines is 1. The zero-order chi connectivity index (χ0) is 22.2. The van der Waals surface area contributed by atoms with Crippen molar-refractivity contribution in [3.8, 4) is 0 Å². The van der Waals surface area contributed by atoms with Gasteiger partial charge in [0, 0.05) is 7.05 Å². The zero-order valence-corrected chi connectivity index (χ0v) is 17.6. The summed E-state index contributed by atoms with van der Waals surface area (Å²) in [5.74, 6) is 1.00. The van der Waals surface area contributed by atoms with E-state index in [1.807, 2.05) is 13.0 Å². The quantitative estimate of drug-likeness (QED) is 0.425. The first-order valence-electron chi connectivity index (χ1n) is 9.37.